The molecule has 144 valence electrons. The second kappa shape index (κ2) is 8.66. The number of nitrogens with one attached hydrogen (secondary N) is 1. The van der Waals surface area contributed by atoms with Crippen LogP contribution in [0.15, 0.2) is 41.4 Å². The van der Waals surface area contributed by atoms with Crippen LogP contribution in [0.5, 0.6) is 0 Å². The minimum absolute atomic E-state index is 0.0133. The van der Waals surface area contributed by atoms with Gasteiger partial charge in [-0.05, 0) is 30.3 Å². The average Bonchev–Trinajstić information content (AvgIpc) is 2.61. The molecular weight excluding hydrogens is 417 g/mol. The molecule has 0 aliphatic heterocycles. The van der Waals surface area contributed by atoms with Crippen molar-refractivity contribution in [3.8, 4) is 0 Å². The first-order valence-corrected chi connectivity index (χ1v) is 9.62. The summed E-state index contributed by atoms with van der Waals surface area (Å²) in [6.45, 7) is -0.595. The second-order valence-corrected chi connectivity index (χ2v) is 8.28. The van der Waals surface area contributed by atoms with Crippen molar-refractivity contribution in [2.24, 2.45) is 0 Å². The van der Waals surface area contributed by atoms with E-state index in [9.17, 15) is 18.0 Å². The number of rotatable bonds is 6. The van der Waals surface area contributed by atoms with Gasteiger partial charge in [-0.25, -0.2) is 22.5 Å². The van der Waals surface area contributed by atoms with E-state index in [-0.39, 0.29) is 26.3 Å². The Morgan fingerprint density at radius 3 is 2.56 bits per heavy atom. The van der Waals surface area contributed by atoms with Crippen LogP contribution in [0, 0.1) is 0 Å². The fourth-order valence-corrected chi connectivity index (χ4v) is 3.51. The predicted octanol–water partition coefficient (Wildman–Crippen LogP) is 2.43. The minimum atomic E-state index is -3.79. The van der Waals surface area contributed by atoms with Gasteiger partial charge in [0.1, 0.15) is 10.0 Å². The zero-order valence-electron chi connectivity index (χ0n) is 14.3. The average molecular weight is 432 g/mol. The fraction of sp³-hybridized carbons (Fsp3) is 0.188. The summed E-state index contributed by atoms with van der Waals surface area (Å²) in [6, 6.07) is 6.90. The standard InChI is InChI=1S/C16H15Cl2N3O5S/c1-21(2)27(24,25)13-8-10(5-6-12(13)17)20-14(22)9-26-16(23)11-4-3-7-19-15(11)18/h3-8H,9H2,1-2H3,(H,20,22). The summed E-state index contributed by atoms with van der Waals surface area (Å²) in [6.07, 6.45) is 1.41. The number of sulfonamides is 1. The highest BCUT2D eigenvalue weighted by atomic mass is 35.5. The highest BCUT2D eigenvalue weighted by Gasteiger charge is 2.21. The Hall–Kier alpha value is -2.20. The highest BCUT2D eigenvalue weighted by molar-refractivity contribution is 7.89. The third-order valence-corrected chi connectivity index (χ3v) is 5.88. The number of hydrogen-bond donors (Lipinski definition) is 1. The van der Waals surface area contributed by atoms with Crippen molar-refractivity contribution >= 4 is 50.8 Å². The minimum Gasteiger partial charge on any atom is -0.452 e. The maximum absolute atomic E-state index is 12.2. The van der Waals surface area contributed by atoms with E-state index in [4.69, 9.17) is 27.9 Å². The number of carbonyl (C=O) groups excluding carboxylic acids is 2. The SMILES string of the molecule is CN(C)S(=O)(=O)c1cc(NC(=O)COC(=O)c2cccnc2Cl)ccc1Cl. The van der Waals surface area contributed by atoms with Gasteiger partial charge in [-0.1, -0.05) is 23.2 Å². The van der Waals surface area contributed by atoms with E-state index in [0.29, 0.717) is 0 Å². The highest BCUT2D eigenvalue weighted by Crippen LogP contribution is 2.26. The van der Waals surface area contributed by atoms with Crippen LogP contribution in [-0.2, 0) is 19.6 Å². The van der Waals surface area contributed by atoms with E-state index >= 15 is 0 Å². The smallest absolute Gasteiger partial charge is 0.341 e. The van der Waals surface area contributed by atoms with Gasteiger partial charge >= 0.3 is 5.97 Å². The topological polar surface area (TPSA) is 106 Å². The van der Waals surface area contributed by atoms with Crippen LogP contribution < -0.4 is 5.32 Å². The maximum Gasteiger partial charge on any atom is 0.341 e. The Labute approximate surface area is 166 Å². The monoisotopic (exact) mass is 431 g/mol. The third-order valence-electron chi connectivity index (χ3n) is 3.29. The van der Waals surface area contributed by atoms with Crippen molar-refractivity contribution in [3.05, 3.63) is 52.3 Å². The first-order valence-electron chi connectivity index (χ1n) is 7.42. The van der Waals surface area contributed by atoms with Crippen molar-refractivity contribution in [2.75, 3.05) is 26.0 Å². The molecule has 11 heteroatoms. The summed E-state index contributed by atoms with van der Waals surface area (Å²) >= 11 is 11.7. The molecule has 0 spiro atoms. The molecule has 0 bridgehead atoms. The lowest BCUT2D eigenvalue weighted by Crippen LogP contribution is -2.23. The number of esters is 1. The van der Waals surface area contributed by atoms with Crippen molar-refractivity contribution in [3.63, 3.8) is 0 Å². The number of anilines is 1. The van der Waals surface area contributed by atoms with Crippen LogP contribution in [0.4, 0.5) is 5.69 Å². The first-order chi connectivity index (χ1) is 12.6. The van der Waals surface area contributed by atoms with Crippen LogP contribution in [0.2, 0.25) is 10.2 Å². The molecule has 0 fully saturated rings. The molecule has 0 saturated heterocycles. The maximum atomic E-state index is 12.2. The van der Waals surface area contributed by atoms with Crippen LogP contribution in [0.1, 0.15) is 10.4 Å². The van der Waals surface area contributed by atoms with Crippen LogP contribution >= 0.6 is 23.2 Å². The Bertz CT molecular complexity index is 980. The number of nitrogens with zero attached hydrogens (tertiary/aromatic N) is 2. The van der Waals surface area contributed by atoms with E-state index < -0.39 is 28.5 Å². The third kappa shape index (κ3) is 5.16. The van der Waals surface area contributed by atoms with Gasteiger partial charge in [0.15, 0.2) is 6.61 Å². The van der Waals surface area contributed by atoms with E-state index in [1.165, 1.54) is 50.6 Å². The zero-order valence-corrected chi connectivity index (χ0v) is 16.6. The number of hydrogen-bond acceptors (Lipinski definition) is 6. The molecule has 0 atom stereocenters. The summed E-state index contributed by atoms with van der Waals surface area (Å²) in [4.78, 5) is 27.5. The lowest BCUT2D eigenvalue weighted by atomic mass is 10.3. The van der Waals surface area contributed by atoms with Gasteiger partial charge < -0.3 is 10.1 Å². The van der Waals surface area contributed by atoms with Crippen molar-refractivity contribution in [2.45, 2.75) is 4.90 Å². The van der Waals surface area contributed by atoms with Gasteiger partial charge in [-0.2, -0.15) is 0 Å². The lowest BCUT2D eigenvalue weighted by molar-refractivity contribution is -0.119. The molecule has 1 amide bonds. The number of halogens is 2. The molecule has 2 aromatic rings. The second-order valence-electron chi connectivity index (χ2n) is 5.40. The van der Waals surface area contributed by atoms with E-state index in [1.807, 2.05) is 0 Å². The molecule has 0 unspecified atom stereocenters. The molecular formula is C16H15Cl2N3O5S. The predicted molar refractivity (Wildman–Crippen MR) is 100 cm³/mol. The number of benzene rings is 1. The summed E-state index contributed by atoms with van der Waals surface area (Å²) in [5.41, 5.74) is 0.207. The number of carbonyl (C=O) groups is 2. The Balaban J connectivity index is 2.06. The number of aromatic nitrogens is 1. The molecule has 0 radical (unpaired) electrons. The van der Waals surface area contributed by atoms with Gasteiger partial charge in [0.25, 0.3) is 5.91 Å². The molecule has 8 nitrogen and oxygen atoms in total. The molecule has 1 aromatic carbocycles. The van der Waals surface area contributed by atoms with Gasteiger partial charge in [-0.3, -0.25) is 4.79 Å². The molecule has 0 aliphatic rings. The molecule has 2 rings (SSSR count). The van der Waals surface area contributed by atoms with Crippen LogP contribution in [0.3, 0.4) is 0 Å². The largest absolute Gasteiger partial charge is 0.452 e. The number of ether oxygens (including phenoxy) is 1. The van der Waals surface area contributed by atoms with Crippen molar-refractivity contribution in [1.29, 1.82) is 0 Å². The molecule has 0 aliphatic carbocycles. The Morgan fingerprint density at radius 1 is 1.22 bits per heavy atom. The summed E-state index contributed by atoms with van der Waals surface area (Å²) in [5, 5.41) is 2.41. The van der Waals surface area contributed by atoms with E-state index in [0.717, 1.165) is 4.31 Å². The Morgan fingerprint density at radius 2 is 1.93 bits per heavy atom. The molecule has 27 heavy (non-hydrogen) atoms. The van der Waals surface area contributed by atoms with Gasteiger partial charge in [-0.15, -0.1) is 0 Å². The molecule has 0 saturated carbocycles. The van der Waals surface area contributed by atoms with Crippen LogP contribution in [0.25, 0.3) is 0 Å². The van der Waals surface area contributed by atoms with Crippen molar-refractivity contribution < 1.29 is 22.7 Å². The normalized spacial score (nSPS) is 11.3. The summed E-state index contributed by atoms with van der Waals surface area (Å²) < 4.78 is 30.3. The van der Waals surface area contributed by atoms with E-state index in [1.54, 1.807) is 0 Å². The molecule has 1 N–H and O–H groups in total. The van der Waals surface area contributed by atoms with Crippen molar-refractivity contribution in [1.82, 2.24) is 9.29 Å². The number of pyridine rings is 1. The van der Waals surface area contributed by atoms with Gasteiger partial charge in [0.05, 0.1) is 10.6 Å². The van der Waals surface area contributed by atoms with E-state index in [2.05, 4.69) is 10.3 Å². The summed E-state index contributed by atoms with van der Waals surface area (Å²) in [7, 11) is -1.07. The van der Waals surface area contributed by atoms with Gasteiger partial charge in [0, 0.05) is 26.0 Å². The first kappa shape index (κ1) is 21.1. The fourth-order valence-electron chi connectivity index (χ4n) is 1.92. The Kier molecular flexibility index (Phi) is 6.77. The molecule has 1 aromatic heterocycles. The van der Waals surface area contributed by atoms with Crippen LogP contribution in [-0.4, -0.2) is 50.3 Å². The quantitative estimate of drug-likeness (QED) is 0.555. The number of amides is 1. The molecule has 1 heterocycles. The lowest BCUT2D eigenvalue weighted by Gasteiger charge is -2.14. The van der Waals surface area contributed by atoms with Gasteiger partial charge in [0.2, 0.25) is 10.0 Å². The zero-order chi connectivity index (χ0) is 20.2. The summed E-state index contributed by atoms with van der Waals surface area (Å²) in [5.74, 6) is -1.48.